The Morgan fingerprint density at radius 2 is 1.90 bits per heavy atom. The first-order valence-electron chi connectivity index (χ1n) is 9.49. The Balaban J connectivity index is 1.77. The van der Waals surface area contributed by atoms with Crippen molar-refractivity contribution in [1.29, 1.82) is 0 Å². The molecule has 30 heavy (non-hydrogen) atoms. The van der Waals surface area contributed by atoms with Gasteiger partial charge >= 0.3 is 0 Å². The van der Waals surface area contributed by atoms with Crippen LogP contribution in [-0.2, 0) is 11.2 Å². The van der Waals surface area contributed by atoms with E-state index in [1.54, 1.807) is 35.1 Å². The maximum Gasteiger partial charge on any atom is 0.226 e. The number of ether oxygens (including phenoxy) is 2. The van der Waals surface area contributed by atoms with Gasteiger partial charge in [0, 0.05) is 18.6 Å². The van der Waals surface area contributed by atoms with E-state index in [-0.39, 0.29) is 35.9 Å². The van der Waals surface area contributed by atoms with Gasteiger partial charge < -0.3 is 33.0 Å². The van der Waals surface area contributed by atoms with Gasteiger partial charge in [0.2, 0.25) is 6.29 Å². The van der Waals surface area contributed by atoms with Crippen molar-refractivity contribution < 1.29 is 37.8 Å². The van der Waals surface area contributed by atoms with Gasteiger partial charge in [0.15, 0.2) is 28.8 Å². The van der Waals surface area contributed by atoms with Gasteiger partial charge in [-0.3, -0.25) is 4.79 Å². The molecule has 0 spiro atoms. The molecular weight excluding hydrogens is 507 g/mol. The minimum absolute atomic E-state index is 0.0891. The van der Waals surface area contributed by atoms with Gasteiger partial charge in [-0.05, 0) is 37.0 Å². The summed E-state index contributed by atoms with van der Waals surface area (Å²) in [6, 6.07) is 9.52. The summed E-state index contributed by atoms with van der Waals surface area (Å²) in [7, 11) is 0. The highest BCUT2D eigenvalue weighted by Gasteiger charge is 2.33. The summed E-state index contributed by atoms with van der Waals surface area (Å²) in [5.41, 5.74) is 0.819. The number of carbonyl (C=O) groups is 1. The first-order chi connectivity index (χ1) is 14.4. The first kappa shape index (κ1) is 22.6. The van der Waals surface area contributed by atoms with Crippen LogP contribution in [0.4, 0.5) is 0 Å². The van der Waals surface area contributed by atoms with Gasteiger partial charge in [0.25, 0.3) is 0 Å². The second kappa shape index (κ2) is 10.3. The molecule has 3 unspecified atom stereocenters. The molecule has 0 amide bonds. The summed E-state index contributed by atoms with van der Waals surface area (Å²) in [4.78, 5) is 12.8. The maximum absolute atomic E-state index is 12.8. The van der Waals surface area contributed by atoms with Crippen molar-refractivity contribution in [3.8, 4) is 23.0 Å². The standard InChI is InChI=1S/C21H23IO8/c22-30-14-4-1-12(2-5-14)3-7-16(25)20-18(27)9-13(24)10-19(20)29-21-17(26)8-6-15(11-23)28-21/h1-2,4-5,9-10,15,17,21,23-24,26-27H,3,6-8,11H2. The third-order valence-corrected chi connectivity index (χ3v) is 5.38. The zero-order chi connectivity index (χ0) is 21.7. The lowest BCUT2D eigenvalue weighted by Crippen LogP contribution is -2.43. The first-order valence-corrected chi connectivity index (χ1v) is 10.4. The summed E-state index contributed by atoms with van der Waals surface area (Å²) >= 11 is 1.78. The molecule has 0 radical (unpaired) electrons. The number of rotatable bonds is 8. The van der Waals surface area contributed by atoms with Crippen molar-refractivity contribution >= 4 is 28.8 Å². The van der Waals surface area contributed by atoms with E-state index in [1.807, 2.05) is 12.1 Å². The number of ketones is 1. The van der Waals surface area contributed by atoms with Crippen LogP contribution in [0.3, 0.4) is 0 Å². The number of aryl methyl sites for hydroxylation is 1. The van der Waals surface area contributed by atoms with E-state index in [0.29, 0.717) is 25.0 Å². The summed E-state index contributed by atoms with van der Waals surface area (Å²) in [6.07, 6.45) is -1.28. The number of aliphatic hydroxyl groups is 2. The van der Waals surface area contributed by atoms with Crippen LogP contribution in [0, 0.1) is 0 Å². The second-order valence-electron chi connectivity index (χ2n) is 7.05. The van der Waals surface area contributed by atoms with E-state index in [2.05, 4.69) is 0 Å². The number of phenolic OH excluding ortho intramolecular Hbond substituents is 2. The monoisotopic (exact) mass is 530 g/mol. The predicted molar refractivity (Wildman–Crippen MR) is 115 cm³/mol. The van der Waals surface area contributed by atoms with Crippen LogP contribution >= 0.6 is 23.0 Å². The van der Waals surface area contributed by atoms with Crippen molar-refractivity contribution in [2.24, 2.45) is 0 Å². The topological polar surface area (TPSA) is 126 Å². The third-order valence-electron chi connectivity index (χ3n) is 4.87. The van der Waals surface area contributed by atoms with Crippen molar-refractivity contribution in [1.82, 2.24) is 0 Å². The Morgan fingerprint density at radius 3 is 2.57 bits per heavy atom. The number of hydrogen-bond acceptors (Lipinski definition) is 8. The molecule has 0 bridgehead atoms. The van der Waals surface area contributed by atoms with E-state index >= 15 is 0 Å². The molecule has 0 saturated carbocycles. The largest absolute Gasteiger partial charge is 0.508 e. The van der Waals surface area contributed by atoms with Crippen molar-refractivity contribution in [3.05, 3.63) is 47.5 Å². The summed E-state index contributed by atoms with van der Waals surface area (Å²) in [5, 5.41) is 39.6. The number of benzene rings is 2. The molecule has 9 heteroatoms. The SMILES string of the molecule is O=C(CCc1ccc(OI)cc1)c1c(O)cc(O)cc1OC1OC(CO)CCC1O. The van der Waals surface area contributed by atoms with E-state index in [1.165, 1.54) is 6.07 Å². The number of halogens is 1. The Labute approximate surface area is 187 Å². The second-order valence-corrected chi connectivity index (χ2v) is 7.49. The van der Waals surface area contributed by atoms with Gasteiger partial charge in [-0.15, -0.1) is 0 Å². The Bertz CT molecular complexity index is 870. The summed E-state index contributed by atoms with van der Waals surface area (Å²) in [5.74, 6) is -0.496. The minimum Gasteiger partial charge on any atom is -0.508 e. The van der Waals surface area contributed by atoms with E-state index in [4.69, 9.17) is 12.5 Å². The lowest BCUT2D eigenvalue weighted by Gasteiger charge is -2.33. The van der Waals surface area contributed by atoms with Crippen molar-refractivity contribution in [3.63, 3.8) is 0 Å². The lowest BCUT2D eigenvalue weighted by atomic mass is 10.0. The number of aromatic hydroxyl groups is 2. The highest BCUT2D eigenvalue weighted by molar-refractivity contribution is 14.1. The molecule has 4 N–H and O–H groups in total. The quantitative estimate of drug-likeness (QED) is 0.304. The molecular formula is C21H23IO8. The van der Waals surface area contributed by atoms with Crippen molar-refractivity contribution in [2.45, 2.75) is 44.2 Å². The van der Waals surface area contributed by atoms with Crippen LogP contribution < -0.4 is 7.80 Å². The Kier molecular flexibility index (Phi) is 7.75. The molecule has 1 heterocycles. The molecule has 162 valence electrons. The fourth-order valence-electron chi connectivity index (χ4n) is 3.26. The van der Waals surface area contributed by atoms with Crippen LogP contribution in [0.1, 0.15) is 35.2 Å². The van der Waals surface area contributed by atoms with Crippen LogP contribution in [0.2, 0.25) is 0 Å². The molecule has 2 aromatic carbocycles. The average molecular weight is 530 g/mol. The third kappa shape index (κ3) is 5.54. The number of hydrogen-bond donors (Lipinski definition) is 4. The number of Topliss-reactive ketones (excluding diaryl/α,β-unsaturated/α-hetero) is 1. The van der Waals surface area contributed by atoms with Gasteiger partial charge in [-0.1, -0.05) is 12.1 Å². The minimum atomic E-state index is -1.13. The summed E-state index contributed by atoms with van der Waals surface area (Å²) < 4.78 is 16.2. The summed E-state index contributed by atoms with van der Waals surface area (Å²) in [6.45, 7) is -0.231. The van der Waals surface area contributed by atoms with Gasteiger partial charge in [-0.25, -0.2) is 0 Å². The van der Waals surface area contributed by atoms with Gasteiger partial charge in [-0.2, -0.15) is 0 Å². The smallest absolute Gasteiger partial charge is 0.226 e. The molecule has 1 aliphatic heterocycles. The van der Waals surface area contributed by atoms with E-state index in [9.17, 15) is 25.2 Å². The highest BCUT2D eigenvalue weighted by atomic mass is 127. The van der Waals surface area contributed by atoms with E-state index in [0.717, 1.165) is 11.6 Å². The molecule has 3 atom stereocenters. The van der Waals surface area contributed by atoms with Crippen molar-refractivity contribution in [2.75, 3.05) is 6.61 Å². The zero-order valence-corrected chi connectivity index (χ0v) is 18.2. The fraction of sp³-hybridized carbons (Fsp3) is 0.381. The predicted octanol–water partition coefficient (Wildman–Crippen LogP) is 2.88. The van der Waals surface area contributed by atoms with Crippen LogP contribution in [0.5, 0.6) is 23.0 Å². The number of carbonyl (C=O) groups excluding carboxylic acids is 1. The van der Waals surface area contributed by atoms with Gasteiger partial charge in [0.05, 0.1) is 12.7 Å². The maximum atomic E-state index is 12.8. The van der Waals surface area contributed by atoms with Crippen LogP contribution in [0.15, 0.2) is 36.4 Å². The van der Waals surface area contributed by atoms with Crippen LogP contribution in [0.25, 0.3) is 0 Å². The number of aliphatic hydroxyl groups excluding tert-OH is 2. The normalized spacial score (nSPS) is 21.2. The zero-order valence-electron chi connectivity index (χ0n) is 16.0. The molecule has 1 aliphatic rings. The fourth-order valence-corrected chi connectivity index (χ4v) is 3.55. The number of phenols is 2. The highest BCUT2D eigenvalue weighted by Crippen LogP contribution is 2.36. The van der Waals surface area contributed by atoms with Crippen LogP contribution in [-0.4, -0.2) is 51.3 Å². The van der Waals surface area contributed by atoms with Gasteiger partial charge in [0.1, 0.15) is 34.7 Å². The van der Waals surface area contributed by atoms with E-state index < -0.39 is 24.2 Å². The lowest BCUT2D eigenvalue weighted by molar-refractivity contribution is -0.208. The molecule has 8 nitrogen and oxygen atoms in total. The molecule has 1 saturated heterocycles. The Morgan fingerprint density at radius 1 is 1.17 bits per heavy atom. The molecule has 3 rings (SSSR count). The molecule has 1 fully saturated rings. The molecule has 2 aromatic rings. The Hall–Kier alpha value is -2.08. The molecule has 0 aliphatic carbocycles. The molecule has 0 aromatic heterocycles. The average Bonchev–Trinajstić information content (AvgIpc) is 2.73.